The number of hydrazine groups is 1. The molecule has 0 bridgehead atoms. The van der Waals surface area contributed by atoms with Gasteiger partial charge in [-0.3, -0.25) is 10.4 Å². The summed E-state index contributed by atoms with van der Waals surface area (Å²) in [4.78, 5) is 6.37. The van der Waals surface area contributed by atoms with Crippen LogP contribution < -0.4 is 11.3 Å². The van der Waals surface area contributed by atoms with E-state index in [-0.39, 0.29) is 0 Å². The van der Waals surface area contributed by atoms with E-state index in [4.69, 9.17) is 5.84 Å². The minimum atomic E-state index is 0.715. The summed E-state index contributed by atoms with van der Waals surface area (Å²) in [7, 11) is 1.97. The van der Waals surface area contributed by atoms with E-state index in [9.17, 15) is 0 Å². The summed E-state index contributed by atoms with van der Waals surface area (Å²) in [5.41, 5.74) is 3.85. The Morgan fingerprint density at radius 1 is 1.53 bits per heavy atom. The number of nitrogens with two attached hydrogens (primary N) is 1. The molecule has 4 nitrogen and oxygen atoms in total. The van der Waals surface area contributed by atoms with Gasteiger partial charge in [0.25, 0.3) is 0 Å². The van der Waals surface area contributed by atoms with Crippen molar-refractivity contribution in [1.82, 2.24) is 10.3 Å². The van der Waals surface area contributed by atoms with E-state index in [2.05, 4.69) is 45.4 Å². The zero-order valence-electron chi connectivity index (χ0n) is 10.3. The van der Waals surface area contributed by atoms with Crippen LogP contribution in [0.2, 0.25) is 0 Å². The van der Waals surface area contributed by atoms with Gasteiger partial charge >= 0.3 is 0 Å². The molecule has 0 aliphatic heterocycles. The molecule has 1 rings (SSSR count). The Hall–Kier alpha value is -1.07. The van der Waals surface area contributed by atoms with Crippen LogP contribution in [-0.2, 0) is 6.54 Å². The average molecular weight is 299 g/mol. The summed E-state index contributed by atoms with van der Waals surface area (Å²) >= 11 is 3.46. The lowest BCUT2D eigenvalue weighted by atomic mass is 10.2. The van der Waals surface area contributed by atoms with Crippen molar-refractivity contribution in [3.8, 4) is 0 Å². The summed E-state index contributed by atoms with van der Waals surface area (Å²) in [6.45, 7) is 3.64. The third kappa shape index (κ3) is 4.75. The average Bonchev–Trinajstić information content (AvgIpc) is 2.30. The Morgan fingerprint density at radius 3 is 2.88 bits per heavy atom. The first-order chi connectivity index (χ1) is 8.17. The Bertz CT molecular complexity index is 379. The highest BCUT2D eigenvalue weighted by atomic mass is 79.9. The van der Waals surface area contributed by atoms with Crippen LogP contribution in [0.1, 0.15) is 18.9 Å². The van der Waals surface area contributed by atoms with Crippen LogP contribution in [0.5, 0.6) is 0 Å². The molecule has 0 heterocycles. The first kappa shape index (κ1) is 14.0. The van der Waals surface area contributed by atoms with Crippen molar-refractivity contribution in [3.63, 3.8) is 0 Å². The molecule has 0 aliphatic rings. The van der Waals surface area contributed by atoms with Gasteiger partial charge in [-0.2, -0.15) is 0 Å². The van der Waals surface area contributed by atoms with E-state index in [1.807, 2.05) is 24.1 Å². The number of aliphatic imine (C=N–C) groups is 1. The summed E-state index contributed by atoms with van der Waals surface area (Å²) in [6, 6.07) is 8.20. The molecule has 0 saturated carbocycles. The fourth-order valence-electron chi connectivity index (χ4n) is 1.48. The second-order valence-corrected chi connectivity index (χ2v) is 4.75. The van der Waals surface area contributed by atoms with Crippen molar-refractivity contribution < 1.29 is 0 Å². The fourth-order valence-corrected chi connectivity index (χ4v) is 1.92. The normalized spacial score (nSPS) is 11.4. The zero-order chi connectivity index (χ0) is 12.7. The molecule has 0 amide bonds. The van der Waals surface area contributed by atoms with E-state index in [0.29, 0.717) is 5.96 Å². The monoisotopic (exact) mass is 298 g/mol. The SMILES string of the molecule is CCCN=C(NN)N(C)Cc1cccc(Br)c1. The molecule has 94 valence electrons. The zero-order valence-corrected chi connectivity index (χ0v) is 11.9. The van der Waals surface area contributed by atoms with Gasteiger partial charge in [0.05, 0.1) is 0 Å². The molecule has 0 atom stereocenters. The Kier molecular flexibility index (Phi) is 6.00. The van der Waals surface area contributed by atoms with Crippen molar-refractivity contribution >= 4 is 21.9 Å². The maximum absolute atomic E-state index is 5.47. The summed E-state index contributed by atoms with van der Waals surface area (Å²) < 4.78 is 1.08. The van der Waals surface area contributed by atoms with Gasteiger partial charge in [0.2, 0.25) is 5.96 Å². The lowest BCUT2D eigenvalue weighted by molar-refractivity contribution is 0.477. The van der Waals surface area contributed by atoms with Crippen molar-refractivity contribution in [3.05, 3.63) is 34.3 Å². The Morgan fingerprint density at radius 2 is 2.29 bits per heavy atom. The Labute approximate surface area is 111 Å². The maximum atomic E-state index is 5.47. The predicted molar refractivity (Wildman–Crippen MR) is 75.5 cm³/mol. The summed E-state index contributed by atoms with van der Waals surface area (Å²) in [5.74, 6) is 6.18. The van der Waals surface area contributed by atoms with Gasteiger partial charge in [-0.15, -0.1) is 0 Å². The molecule has 5 heteroatoms. The van der Waals surface area contributed by atoms with Crippen molar-refractivity contribution in [2.24, 2.45) is 10.8 Å². The van der Waals surface area contributed by atoms with Gasteiger partial charge in [0.15, 0.2) is 0 Å². The summed E-state index contributed by atoms with van der Waals surface area (Å²) in [5, 5.41) is 0. The molecule has 17 heavy (non-hydrogen) atoms. The molecule has 1 aromatic carbocycles. The van der Waals surface area contributed by atoms with Gasteiger partial charge in [-0.25, -0.2) is 5.84 Å². The first-order valence-electron chi connectivity index (χ1n) is 5.64. The lowest BCUT2D eigenvalue weighted by Gasteiger charge is -2.20. The molecule has 0 radical (unpaired) electrons. The fraction of sp³-hybridized carbons (Fsp3) is 0.417. The highest BCUT2D eigenvalue weighted by Crippen LogP contribution is 2.12. The third-order valence-corrected chi connectivity index (χ3v) is 2.78. The van der Waals surface area contributed by atoms with E-state index in [1.165, 1.54) is 5.56 Å². The van der Waals surface area contributed by atoms with Crippen LogP contribution in [0.3, 0.4) is 0 Å². The predicted octanol–water partition coefficient (Wildman–Crippen LogP) is 2.11. The van der Waals surface area contributed by atoms with E-state index in [1.54, 1.807) is 0 Å². The standard InChI is InChI=1S/C12H19BrN4/c1-3-7-15-12(16-14)17(2)9-10-5-4-6-11(13)8-10/h4-6,8H,3,7,9,14H2,1-2H3,(H,15,16). The molecule has 0 saturated heterocycles. The topological polar surface area (TPSA) is 53.6 Å². The van der Waals surface area contributed by atoms with Crippen molar-refractivity contribution in [2.75, 3.05) is 13.6 Å². The van der Waals surface area contributed by atoms with Gasteiger partial charge in [-0.1, -0.05) is 35.0 Å². The maximum Gasteiger partial charge on any atom is 0.208 e. The lowest BCUT2D eigenvalue weighted by Crippen LogP contribution is -2.42. The van der Waals surface area contributed by atoms with Crippen molar-refractivity contribution in [2.45, 2.75) is 19.9 Å². The first-order valence-corrected chi connectivity index (χ1v) is 6.43. The van der Waals surface area contributed by atoms with Gasteiger partial charge in [0.1, 0.15) is 0 Å². The molecule has 3 N–H and O–H groups in total. The molecule has 1 aromatic rings. The number of guanidine groups is 1. The van der Waals surface area contributed by atoms with Gasteiger partial charge < -0.3 is 4.90 Å². The van der Waals surface area contributed by atoms with E-state index >= 15 is 0 Å². The Balaban J connectivity index is 2.67. The van der Waals surface area contributed by atoms with Crippen LogP contribution in [-0.4, -0.2) is 24.5 Å². The minimum absolute atomic E-state index is 0.715. The quantitative estimate of drug-likeness (QED) is 0.387. The van der Waals surface area contributed by atoms with Crippen molar-refractivity contribution in [1.29, 1.82) is 0 Å². The third-order valence-electron chi connectivity index (χ3n) is 2.28. The molecule has 0 spiro atoms. The second kappa shape index (κ2) is 7.29. The van der Waals surface area contributed by atoms with Gasteiger partial charge in [-0.05, 0) is 24.1 Å². The molecule has 0 aromatic heterocycles. The summed E-state index contributed by atoms with van der Waals surface area (Å²) in [6.07, 6.45) is 1.01. The number of hydrogen-bond donors (Lipinski definition) is 2. The highest BCUT2D eigenvalue weighted by Gasteiger charge is 2.05. The van der Waals surface area contributed by atoms with Gasteiger partial charge in [0, 0.05) is 24.6 Å². The van der Waals surface area contributed by atoms with E-state index in [0.717, 1.165) is 24.0 Å². The largest absolute Gasteiger partial charge is 0.341 e. The molecule has 0 fully saturated rings. The number of nitrogens with one attached hydrogen (secondary N) is 1. The number of rotatable bonds is 4. The number of nitrogens with zero attached hydrogens (tertiary/aromatic N) is 2. The number of hydrogen-bond acceptors (Lipinski definition) is 2. The number of halogens is 1. The van der Waals surface area contributed by atoms with E-state index < -0.39 is 0 Å². The second-order valence-electron chi connectivity index (χ2n) is 3.84. The van der Waals surface area contributed by atoms with Crippen LogP contribution in [0.15, 0.2) is 33.7 Å². The smallest absolute Gasteiger partial charge is 0.208 e. The minimum Gasteiger partial charge on any atom is -0.341 e. The molecular formula is C12H19BrN4. The van der Waals surface area contributed by atoms with Crippen LogP contribution >= 0.6 is 15.9 Å². The molecule has 0 unspecified atom stereocenters. The van der Waals surface area contributed by atoms with Crippen LogP contribution in [0, 0.1) is 0 Å². The highest BCUT2D eigenvalue weighted by molar-refractivity contribution is 9.10. The number of benzene rings is 1. The van der Waals surface area contributed by atoms with Crippen LogP contribution in [0.25, 0.3) is 0 Å². The molecule has 0 aliphatic carbocycles. The molecular weight excluding hydrogens is 280 g/mol. The van der Waals surface area contributed by atoms with Crippen LogP contribution in [0.4, 0.5) is 0 Å².